The number of hydrogen-bond donors (Lipinski definition) is 1. The van der Waals surface area contributed by atoms with Crippen molar-refractivity contribution in [2.24, 2.45) is 0 Å². The van der Waals surface area contributed by atoms with Crippen molar-refractivity contribution in [1.29, 1.82) is 0 Å². The van der Waals surface area contributed by atoms with E-state index in [1.54, 1.807) is 6.07 Å². The molecule has 1 aromatic carbocycles. The Hall–Kier alpha value is -2.21. The van der Waals surface area contributed by atoms with Crippen LogP contribution in [0.15, 0.2) is 30.6 Å². The summed E-state index contributed by atoms with van der Waals surface area (Å²) < 4.78 is 23.2. The van der Waals surface area contributed by atoms with Gasteiger partial charge in [0.25, 0.3) is 0 Å². The lowest BCUT2D eigenvalue weighted by atomic mass is 10.0. The van der Waals surface area contributed by atoms with E-state index in [-0.39, 0.29) is 12.2 Å². The molecular weight excluding hydrogens is 263 g/mol. The van der Waals surface area contributed by atoms with Crippen molar-refractivity contribution in [2.75, 3.05) is 14.2 Å². The van der Waals surface area contributed by atoms with Crippen molar-refractivity contribution < 1.29 is 19.0 Å². The Morgan fingerprint density at radius 1 is 1.20 bits per heavy atom. The summed E-state index contributed by atoms with van der Waals surface area (Å²) in [5.74, 6) is 0.0628. The fourth-order valence-electron chi connectivity index (χ4n) is 1.80. The molecule has 1 aromatic heterocycles. The van der Waals surface area contributed by atoms with Gasteiger partial charge >= 0.3 is 0 Å². The molecule has 2 rings (SSSR count). The first-order chi connectivity index (χ1) is 9.63. The summed E-state index contributed by atoms with van der Waals surface area (Å²) in [7, 11) is 2.89. The molecule has 20 heavy (non-hydrogen) atoms. The number of aromatic nitrogens is 2. The van der Waals surface area contributed by atoms with Gasteiger partial charge in [-0.05, 0) is 17.7 Å². The lowest BCUT2D eigenvalue weighted by molar-refractivity contribution is 0.176. The molecule has 0 amide bonds. The van der Waals surface area contributed by atoms with Crippen LogP contribution in [-0.2, 0) is 6.42 Å². The van der Waals surface area contributed by atoms with Crippen molar-refractivity contribution in [3.63, 3.8) is 0 Å². The Morgan fingerprint density at radius 2 is 2.00 bits per heavy atom. The second-order valence-corrected chi connectivity index (χ2v) is 4.17. The third-order valence-corrected chi connectivity index (χ3v) is 2.87. The van der Waals surface area contributed by atoms with E-state index in [0.29, 0.717) is 17.1 Å². The number of aliphatic hydroxyl groups excluding tert-OH is 1. The van der Waals surface area contributed by atoms with Gasteiger partial charge in [0.05, 0.1) is 26.0 Å². The average Bonchev–Trinajstić information content (AvgIpc) is 2.47. The minimum atomic E-state index is -0.816. The maximum atomic E-state index is 13.3. The average molecular weight is 278 g/mol. The molecule has 0 aliphatic carbocycles. The minimum absolute atomic E-state index is 0.0989. The minimum Gasteiger partial charge on any atom is -0.494 e. The number of hydrogen-bond acceptors (Lipinski definition) is 5. The van der Waals surface area contributed by atoms with Gasteiger partial charge in [0.2, 0.25) is 5.88 Å². The number of benzene rings is 1. The quantitative estimate of drug-likeness (QED) is 0.905. The molecule has 0 bridgehead atoms. The zero-order chi connectivity index (χ0) is 14.5. The molecule has 6 heteroatoms. The van der Waals surface area contributed by atoms with Crippen LogP contribution in [0, 0.1) is 5.82 Å². The zero-order valence-electron chi connectivity index (χ0n) is 11.2. The summed E-state index contributed by atoms with van der Waals surface area (Å²) in [5.41, 5.74) is 1.19. The molecule has 0 saturated heterocycles. The molecule has 0 spiro atoms. The third-order valence-electron chi connectivity index (χ3n) is 2.87. The third kappa shape index (κ3) is 3.21. The van der Waals surface area contributed by atoms with Crippen molar-refractivity contribution >= 4 is 0 Å². The fourth-order valence-corrected chi connectivity index (χ4v) is 1.80. The Labute approximate surface area is 116 Å². The predicted molar refractivity (Wildman–Crippen MR) is 70.2 cm³/mol. The molecule has 1 unspecified atom stereocenters. The summed E-state index contributed by atoms with van der Waals surface area (Å²) in [6, 6.07) is 5.89. The van der Waals surface area contributed by atoms with E-state index in [1.165, 1.54) is 38.7 Å². The first-order valence-corrected chi connectivity index (χ1v) is 6.00. The van der Waals surface area contributed by atoms with Crippen LogP contribution in [0.3, 0.4) is 0 Å². The summed E-state index contributed by atoms with van der Waals surface area (Å²) in [6.07, 6.45) is 0.823. The number of ether oxygens (including phenoxy) is 2. The highest BCUT2D eigenvalue weighted by Crippen LogP contribution is 2.24. The molecule has 2 aromatic rings. The molecule has 0 fully saturated rings. The van der Waals surface area contributed by atoms with Crippen LogP contribution >= 0.6 is 0 Å². The molecule has 106 valence electrons. The largest absolute Gasteiger partial charge is 0.494 e. The highest BCUT2D eigenvalue weighted by molar-refractivity contribution is 5.32. The molecule has 0 aliphatic rings. The van der Waals surface area contributed by atoms with Crippen LogP contribution < -0.4 is 9.47 Å². The standard InChI is InChI=1S/C14H15FN2O3/c1-19-13-5-9(3-4-11(13)15)12(18)6-10-7-14(20-2)17-8-16-10/h3-5,7-8,12,18H,6H2,1-2H3. The van der Waals surface area contributed by atoms with E-state index < -0.39 is 11.9 Å². The normalized spacial score (nSPS) is 12.0. The van der Waals surface area contributed by atoms with Crippen LogP contribution in [0.2, 0.25) is 0 Å². The van der Waals surface area contributed by atoms with Gasteiger partial charge in [-0.2, -0.15) is 0 Å². The first-order valence-electron chi connectivity index (χ1n) is 6.00. The van der Waals surface area contributed by atoms with Crippen LogP contribution in [0.4, 0.5) is 4.39 Å². The fraction of sp³-hybridized carbons (Fsp3) is 0.286. The molecule has 1 atom stereocenters. The monoisotopic (exact) mass is 278 g/mol. The molecule has 0 radical (unpaired) electrons. The predicted octanol–water partition coefficient (Wildman–Crippen LogP) is 1.91. The Bertz CT molecular complexity index is 592. The lowest BCUT2D eigenvalue weighted by Gasteiger charge is -2.12. The van der Waals surface area contributed by atoms with Crippen LogP contribution in [0.5, 0.6) is 11.6 Å². The second-order valence-electron chi connectivity index (χ2n) is 4.17. The first kappa shape index (κ1) is 14.2. The number of nitrogens with zero attached hydrogens (tertiary/aromatic N) is 2. The SMILES string of the molecule is COc1cc(CC(O)c2ccc(F)c(OC)c2)ncn1. The number of halogens is 1. The maximum Gasteiger partial charge on any atom is 0.216 e. The van der Waals surface area contributed by atoms with Gasteiger partial charge in [-0.15, -0.1) is 0 Å². The smallest absolute Gasteiger partial charge is 0.216 e. The summed E-state index contributed by atoms with van der Waals surface area (Å²) >= 11 is 0. The van der Waals surface area contributed by atoms with E-state index in [4.69, 9.17) is 9.47 Å². The van der Waals surface area contributed by atoms with E-state index >= 15 is 0 Å². The molecule has 0 aliphatic heterocycles. The summed E-state index contributed by atoms with van der Waals surface area (Å²) in [5, 5.41) is 10.2. The van der Waals surface area contributed by atoms with E-state index in [2.05, 4.69) is 9.97 Å². The van der Waals surface area contributed by atoms with Crippen LogP contribution in [-0.4, -0.2) is 29.3 Å². The van der Waals surface area contributed by atoms with Crippen molar-refractivity contribution in [2.45, 2.75) is 12.5 Å². The van der Waals surface area contributed by atoms with Crippen LogP contribution in [0.1, 0.15) is 17.4 Å². The number of rotatable bonds is 5. The molecule has 1 heterocycles. The van der Waals surface area contributed by atoms with Gasteiger partial charge in [-0.3, -0.25) is 0 Å². The summed E-state index contributed by atoms with van der Waals surface area (Å²) in [6.45, 7) is 0. The highest BCUT2D eigenvalue weighted by Gasteiger charge is 2.13. The van der Waals surface area contributed by atoms with Gasteiger partial charge in [-0.1, -0.05) is 6.07 Å². The number of methoxy groups -OCH3 is 2. The van der Waals surface area contributed by atoms with E-state index in [1.807, 2.05) is 0 Å². The Balaban J connectivity index is 2.16. The van der Waals surface area contributed by atoms with Gasteiger partial charge in [0, 0.05) is 12.5 Å². The highest BCUT2D eigenvalue weighted by atomic mass is 19.1. The second kappa shape index (κ2) is 6.29. The molecule has 0 saturated carbocycles. The van der Waals surface area contributed by atoms with Gasteiger partial charge in [0.1, 0.15) is 6.33 Å². The molecular formula is C14H15FN2O3. The van der Waals surface area contributed by atoms with E-state index in [9.17, 15) is 9.50 Å². The maximum absolute atomic E-state index is 13.3. The van der Waals surface area contributed by atoms with E-state index in [0.717, 1.165) is 0 Å². The topological polar surface area (TPSA) is 64.5 Å². The van der Waals surface area contributed by atoms with Gasteiger partial charge < -0.3 is 14.6 Å². The molecule has 1 N–H and O–H groups in total. The summed E-state index contributed by atoms with van der Waals surface area (Å²) in [4.78, 5) is 7.95. The lowest BCUT2D eigenvalue weighted by Crippen LogP contribution is -2.05. The van der Waals surface area contributed by atoms with Gasteiger partial charge in [-0.25, -0.2) is 14.4 Å². The number of aliphatic hydroxyl groups is 1. The van der Waals surface area contributed by atoms with Crippen molar-refractivity contribution in [1.82, 2.24) is 9.97 Å². The Kier molecular flexibility index (Phi) is 4.47. The zero-order valence-corrected chi connectivity index (χ0v) is 11.2. The van der Waals surface area contributed by atoms with Crippen molar-refractivity contribution in [3.05, 3.63) is 47.7 Å². The van der Waals surface area contributed by atoms with Gasteiger partial charge in [0.15, 0.2) is 11.6 Å². The van der Waals surface area contributed by atoms with Crippen LogP contribution in [0.25, 0.3) is 0 Å². The van der Waals surface area contributed by atoms with Crippen molar-refractivity contribution in [3.8, 4) is 11.6 Å². The Morgan fingerprint density at radius 3 is 2.70 bits per heavy atom. The molecule has 5 nitrogen and oxygen atoms in total.